The van der Waals surface area contributed by atoms with Crippen molar-refractivity contribution in [3.8, 4) is 11.6 Å². The van der Waals surface area contributed by atoms with Gasteiger partial charge in [-0.05, 0) is 49.2 Å². The van der Waals surface area contributed by atoms with Gasteiger partial charge in [0.05, 0.1) is 0 Å². The molecule has 1 atom stereocenters. The first-order chi connectivity index (χ1) is 14.6. The molecule has 1 N–H and O–H groups in total. The second-order valence-corrected chi connectivity index (χ2v) is 7.52. The van der Waals surface area contributed by atoms with E-state index in [0.717, 1.165) is 6.07 Å². The Kier molecular flexibility index (Phi) is 6.81. The Balaban J connectivity index is 2.24. The summed E-state index contributed by atoms with van der Waals surface area (Å²) in [5.41, 5.74) is 0.815. The maximum Gasteiger partial charge on any atom is 0.388 e. The van der Waals surface area contributed by atoms with E-state index < -0.39 is 30.4 Å². The number of halogens is 5. The van der Waals surface area contributed by atoms with E-state index in [0.29, 0.717) is 21.2 Å². The quantitative estimate of drug-likeness (QED) is 0.453. The van der Waals surface area contributed by atoms with E-state index in [1.807, 2.05) is 0 Å². The van der Waals surface area contributed by atoms with Gasteiger partial charge in [0.2, 0.25) is 5.88 Å². The minimum absolute atomic E-state index is 0.0251. The lowest BCUT2D eigenvalue weighted by atomic mass is 9.97. The van der Waals surface area contributed by atoms with Gasteiger partial charge in [-0.25, -0.2) is 14.2 Å². The zero-order valence-electron chi connectivity index (χ0n) is 16.3. The summed E-state index contributed by atoms with van der Waals surface area (Å²) in [6.45, 7) is -0.333. The van der Waals surface area contributed by atoms with Gasteiger partial charge in [-0.1, -0.05) is 29.3 Å². The predicted octanol–water partition coefficient (Wildman–Crippen LogP) is 6.03. The number of aryl methyl sites for hydroxylation is 1. The van der Waals surface area contributed by atoms with Crippen molar-refractivity contribution in [1.29, 1.82) is 0 Å². The van der Waals surface area contributed by atoms with Crippen LogP contribution in [0.15, 0.2) is 30.3 Å². The molecule has 0 unspecified atom stereocenters. The average molecular weight is 474 g/mol. The fourth-order valence-corrected chi connectivity index (χ4v) is 3.56. The van der Waals surface area contributed by atoms with Gasteiger partial charge >= 0.3 is 12.6 Å². The number of alkyl halides is 2. The molecule has 0 bridgehead atoms. The Morgan fingerprint density at radius 3 is 2.52 bits per heavy atom. The molecule has 0 fully saturated rings. The summed E-state index contributed by atoms with van der Waals surface area (Å²) in [6.07, 6.45) is -1.21. The van der Waals surface area contributed by atoms with Crippen molar-refractivity contribution >= 4 is 40.1 Å². The molecular weight excluding hydrogens is 458 g/mol. The highest BCUT2D eigenvalue weighted by Gasteiger charge is 2.23. The van der Waals surface area contributed by atoms with Crippen molar-refractivity contribution < 1.29 is 32.5 Å². The number of carboxylic acid groups (broad SMARTS) is 1. The second-order valence-electron chi connectivity index (χ2n) is 6.68. The minimum Gasteiger partial charge on any atom is -0.479 e. The first-order valence-electron chi connectivity index (χ1n) is 8.98. The largest absolute Gasteiger partial charge is 0.479 e. The van der Waals surface area contributed by atoms with Crippen LogP contribution in [0.5, 0.6) is 11.6 Å². The van der Waals surface area contributed by atoms with Crippen LogP contribution in [0.25, 0.3) is 10.9 Å². The van der Waals surface area contributed by atoms with E-state index in [4.69, 9.17) is 33.0 Å². The van der Waals surface area contributed by atoms with Gasteiger partial charge in [0.1, 0.15) is 17.1 Å². The van der Waals surface area contributed by atoms with Crippen molar-refractivity contribution in [1.82, 2.24) is 4.98 Å². The topological polar surface area (TPSA) is 68.7 Å². The molecule has 0 saturated heterocycles. The Morgan fingerprint density at radius 2 is 1.90 bits per heavy atom. The number of ether oxygens (including phenoxy) is 2. The van der Waals surface area contributed by atoms with Crippen LogP contribution in [0, 0.1) is 12.7 Å². The lowest BCUT2D eigenvalue weighted by Gasteiger charge is -2.19. The van der Waals surface area contributed by atoms with Crippen LogP contribution in [0.4, 0.5) is 13.2 Å². The maximum atomic E-state index is 14.5. The lowest BCUT2D eigenvalue weighted by molar-refractivity contribution is -0.144. The summed E-state index contributed by atoms with van der Waals surface area (Å²) < 4.78 is 50.6. The van der Waals surface area contributed by atoms with Gasteiger partial charge in [-0.3, -0.25) is 0 Å². The number of benzene rings is 2. The van der Waals surface area contributed by atoms with Crippen molar-refractivity contribution in [2.24, 2.45) is 0 Å². The number of nitrogens with zero attached hydrogens (tertiary/aromatic N) is 1. The molecule has 5 nitrogen and oxygen atoms in total. The van der Waals surface area contributed by atoms with Gasteiger partial charge < -0.3 is 14.6 Å². The smallest absolute Gasteiger partial charge is 0.388 e. The van der Waals surface area contributed by atoms with E-state index in [2.05, 4.69) is 9.72 Å². The zero-order chi connectivity index (χ0) is 22.9. The number of hydrogen-bond donors (Lipinski definition) is 1. The highest BCUT2D eigenvalue weighted by Crippen LogP contribution is 2.38. The summed E-state index contributed by atoms with van der Waals surface area (Å²) in [6, 6.07) is 6.98. The molecule has 0 saturated carbocycles. The SMILES string of the molecule is Cc1c(Cc2ccc(Cl)cc2Cl)c(OC(F)F)nc2c(F)ccc(O[C@H](C)C(=O)O)c12. The van der Waals surface area contributed by atoms with Crippen LogP contribution < -0.4 is 9.47 Å². The summed E-state index contributed by atoms with van der Waals surface area (Å²) in [7, 11) is 0. The van der Waals surface area contributed by atoms with E-state index in [9.17, 15) is 18.0 Å². The zero-order valence-corrected chi connectivity index (χ0v) is 17.8. The van der Waals surface area contributed by atoms with Gasteiger partial charge in [0, 0.05) is 27.4 Å². The normalized spacial score (nSPS) is 12.3. The minimum atomic E-state index is -3.20. The molecule has 0 aliphatic carbocycles. The van der Waals surface area contributed by atoms with Crippen LogP contribution in [0.3, 0.4) is 0 Å². The molecule has 31 heavy (non-hydrogen) atoms. The van der Waals surface area contributed by atoms with Gasteiger partial charge in [-0.15, -0.1) is 0 Å². The van der Waals surface area contributed by atoms with Crippen LogP contribution in [0.2, 0.25) is 10.0 Å². The molecule has 0 spiro atoms. The van der Waals surface area contributed by atoms with Crippen LogP contribution in [-0.2, 0) is 11.2 Å². The van der Waals surface area contributed by atoms with Crippen molar-refractivity contribution in [2.45, 2.75) is 33.0 Å². The molecular formula is C21H16Cl2F3NO4. The van der Waals surface area contributed by atoms with Crippen LogP contribution >= 0.6 is 23.2 Å². The van der Waals surface area contributed by atoms with E-state index in [1.165, 1.54) is 19.1 Å². The molecule has 0 radical (unpaired) electrons. The third-order valence-corrected chi connectivity index (χ3v) is 5.21. The molecule has 1 heterocycles. The fourth-order valence-electron chi connectivity index (χ4n) is 3.08. The molecule has 10 heteroatoms. The van der Waals surface area contributed by atoms with Crippen LogP contribution in [-0.4, -0.2) is 28.8 Å². The number of carbonyl (C=O) groups is 1. The van der Waals surface area contributed by atoms with E-state index in [-0.39, 0.29) is 28.6 Å². The highest BCUT2D eigenvalue weighted by atomic mass is 35.5. The third-order valence-electron chi connectivity index (χ3n) is 4.62. The fraction of sp³-hybridized carbons (Fsp3) is 0.238. The molecule has 3 rings (SSSR count). The Morgan fingerprint density at radius 1 is 1.19 bits per heavy atom. The van der Waals surface area contributed by atoms with Crippen molar-refractivity contribution in [2.75, 3.05) is 0 Å². The number of carboxylic acids is 1. The van der Waals surface area contributed by atoms with Gasteiger partial charge in [-0.2, -0.15) is 8.78 Å². The number of aromatic nitrogens is 1. The molecule has 0 aliphatic heterocycles. The third kappa shape index (κ3) is 4.97. The average Bonchev–Trinajstić information content (AvgIpc) is 2.68. The van der Waals surface area contributed by atoms with Crippen LogP contribution in [0.1, 0.15) is 23.6 Å². The van der Waals surface area contributed by atoms with Gasteiger partial charge in [0.15, 0.2) is 6.10 Å². The van der Waals surface area contributed by atoms with E-state index >= 15 is 0 Å². The monoisotopic (exact) mass is 473 g/mol. The molecule has 2 aromatic carbocycles. The summed E-state index contributed by atoms with van der Waals surface area (Å²) in [4.78, 5) is 15.2. The summed E-state index contributed by atoms with van der Waals surface area (Å²) in [5, 5.41) is 9.98. The number of fused-ring (bicyclic) bond motifs is 1. The molecule has 3 aromatic rings. The summed E-state index contributed by atoms with van der Waals surface area (Å²) in [5.74, 6) is -2.45. The number of rotatable bonds is 7. The van der Waals surface area contributed by atoms with E-state index in [1.54, 1.807) is 19.1 Å². The predicted molar refractivity (Wildman–Crippen MR) is 110 cm³/mol. The standard InChI is InChI=1S/C21H16Cl2F3NO4/c1-9-13(7-11-3-4-12(22)8-14(11)23)19(31-21(25)26)27-18-15(24)5-6-16(17(9)18)30-10(2)20(28)29/h3-6,8,10,21H,7H2,1-2H3,(H,28,29)/t10-/m1/s1. The molecule has 0 aliphatic rings. The Labute approximate surface area is 185 Å². The lowest BCUT2D eigenvalue weighted by Crippen LogP contribution is -2.23. The molecule has 164 valence electrons. The molecule has 1 aromatic heterocycles. The van der Waals surface area contributed by atoms with Gasteiger partial charge in [0.25, 0.3) is 0 Å². The summed E-state index contributed by atoms with van der Waals surface area (Å²) >= 11 is 12.1. The first kappa shape index (κ1) is 23.0. The highest BCUT2D eigenvalue weighted by molar-refractivity contribution is 6.35. The van der Waals surface area contributed by atoms with Crippen molar-refractivity contribution in [3.05, 3.63) is 62.9 Å². The number of pyridine rings is 1. The van der Waals surface area contributed by atoms with Crippen molar-refractivity contribution in [3.63, 3.8) is 0 Å². The number of hydrogen-bond acceptors (Lipinski definition) is 4. The first-order valence-corrected chi connectivity index (χ1v) is 9.74. The maximum absolute atomic E-state index is 14.5. The second kappa shape index (κ2) is 9.20. The Bertz CT molecular complexity index is 1160. The Hall–Kier alpha value is -2.71. The number of aliphatic carboxylic acids is 1. The molecule has 0 amide bonds.